The van der Waals surface area contributed by atoms with Gasteiger partial charge in [-0.2, -0.15) is 0 Å². The molecule has 0 aliphatic heterocycles. The molecule has 0 bridgehead atoms. The summed E-state index contributed by atoms with van der Waals surface area (Å²) < 4.78 is 18.7. The Morgan fingerprint density at radius 1 is 0.714 bits per heavy atom. The van der Waals surface area contributed by atoms with Crippen molar-refractivity contribution < 1.29 is 18.6 Å². The van der Waals surface area contributed by atoms with Crippen molar-refractivity contribution in [3.63, 3.8) is 0 Å². The number of hydrogen-bond acceptors (Lipinski definition) is 4. The molecule has 0 aliphatic rings. The van der Waals surface area contributed by atoms with Crippen molar-refractivity contribution in [2.45, 2.75) is 38.9 Å². The minimum Gasteiger partial charge on any atom is -0.456 e. The Labute approximate surface area is 204 Å². The summed E-state index contributed by atoms with van der Waals surface area (Å²) in [5.74, 6) is 0. The first-order valence-electron chi connectivity index (χ1n) is 11.9. The van der Waals surface area contributed by atoms with Gasteiger partial charge >= 0.3 is 7.48 Å². The highest BCUT2D eigenvalue weighted by Crippen LogP contribution is 2.38. The van der Waals surface area contributed by atoms with E-state index >= 15 is 0 Å². The van der Waals surface area contributed by atoms with Crippen LogP contribution in [0.3, 0.4) is 0 Å². The van der Waals surface area contributed by atoms with E-state index in [1.807, 2.05) is 50.2 Å². The molecule has 0 radical (unpaired) electrons. The predicted molar refractivity (Wildman–Crippen MR) is 145 cm³/mol. The highest BCUT2D eigenvalue weighted by Gasteiger charge is 2.35. The molecule has 0 saturated heterocycles. The number of aliphatic hydroxyl groups is 1. The molecule has 2 heterocycles. The van der Waals surface area contributed by atoms with Gasteiger partial charge in [0, 0.05) is 27.1 Å². The summed E-state index contributed by atoms with van der Waals surface area (Å²) >= 11 is 0. The van der Waals surface area contributed by atoms with Crippen LogP contribution in [0.4, 0.5) is 0 Å². The van der Waals surface area contributed by atoms with Gasteiger partial charge < -0.3 is 18.6 Å². The van der Waals surface area contributed by atoms with Crippen molar-refractivity contribution in [1.29, 1.82) is 0 Å². The maximum Gasteiger partial charge on any atom is 0.310 e. The van der Waals surface area contributed by atoms with Crippen LogP contribution in [0.5, 0.6) is 0 Å². The van der Waals surface area contributed by atoms with Crippen LogP contribution in [0.2, 0.25) is 0 Å². The van der Waals surface area contributed by atoms with Gasteiger partial charge in [0.25, 0.3) is 0 Å². The Hall–Kier alpha value is -3.54. The number of benzene rings is 4. The summed E-state index contributed by atoms with van der Waals surface area (Å²) in [5, 5.41) is 14.8. The lowest BCUT2D eigenvalue weighted by molar-refractivity contribution is -0.0893. The largest absolute Gasteiger partial charge is 0.456 e. The van der Waals surface area contributed by atoms with Gasteiger partial charge in [-0.25, -0.2) is 0 Å². The van der Waals surface area contributed by atoms with E-state index < -0.39 is 11.2 Å². The van der Waals surface area contributed by atoms with Crippen molar-refractivity contribution in [3.8, 4) is 11.1 Å². The topological polar surface area (TPSA) is 55.7 Å². The number of fused-ring (bicyclic) bond motifs is 6. The van der Waals surface area contributed by atoms with Crippen LogP contribution >= 0.6 is 0 Å². The molecule has 1 N–H and O–H groups in total. The molecule has 5 heteroatoms. The smallest absolute Gasteiger partial charge is 0.310 e. The van der Waals surface area contributed by atoms with Crippen molar-refractivity contribution >= 4 is 56.8 Å². The van der Waals surface area contributed by atoms with E-state index in [1.54, 1.807) is 13.8 Å². The minimum absolute atomic E-state index is 0.367. The Kier molecular flexibility index (Phi) is 4.86. The van der Waals surface area contributed by atoms with Gasteiger partial charge in [-0.1, -0.05) is 54.6 Å². The summed E-state index contributed by atoms with van der Waals surface area (Å²) in [5.41, 5.74) is 4.88. The molecule has 0 fully saturated rings. The average molecular weight is 462 g/mol. The molecule has 4 aromatic carbocycles. The highest BCUT2D eigenvalue weighted by atomic mass is 16.5. The number of hydrogen-bond donors (Lipinski definition) is 1. The predicted octanol–water partition coefficient (Wildman–Crippen LogP) is 6.70. The van der Waals surface area contributed by atoms with Gasteiger partial charge in [0.05, 0.1) is 11.2 Å². The van der Waals surface area contributed by atoms with Crippen LogP contribution in [-0.4, -0.2) is 23.8 Å². The van der Waals surface area contributed by atoms with Gasteiger partial charge in [-0.3, -0.25) is 0 Å². The molecule has 0 saturated carbocycles. The molecular weight excluding hydrogens is 435 g/mol. The van der Waals surface area contributed by atoms with Crippen LogP contribution in [0.25, 0.3) is 55.0 Å². The van der Waals surface area contributed by atoms with E-state index in [9.17, 15) is 5.11 Å². The lowest BCUT2D eigenvalue weighted by Crippen LogP contribution is -2.49. The molecule has 0 unspecified atom stereocenters. The Bertz CT molecular complexity index is 1720. The molecule has 0 amide bonds. The van der Waals surface area contributed by atoms with Gasteiger partial charge in [-0.15, -0.1) is 0 Å². The number of para-hydroxylation sites is 2. The van der Waals surface area contributed by atoms with Crippen molar-refractivity contribution in [2.75, 3.05) is 0 Å². The average Bonchev–Trinajstić information content (AvgIpc) is 3.40. The minimum atomic E-state index is -0.974. The van der Waals surface area contributed by atoms with Crippen LogP contribution in [-0.2, 0) is 4.65 Å². The van der Waals surface area contributed by atoms with E-state index in [4.69, 9.17) is 13.5 Å². The van der Waals surface area contributed by atoms with Crippen molar-refractivity contribution in [1.82, 2.24) is 0 Å². The van der Waals surface area contributed by atoms with Crippen LogP contribution in [0.1, 0.15) is 27.7 Å². The maximum absolute atomic E-state index is 10.5. The molecule has 174 valence electrons. The second-order valence-electron chi connectivity index (χ2n) is 10.2. The van der Waals surface area contributed by atoms with E-state index in [0.717, 1.165) is 60.5 Å². The zero-order chi connectivity index (χ0) is 24.4. The number of rotatable bonds is 5. The third-order valence-corrected chi connectivity index (χ3v) is 7.36. The third-order valence-electron chi connectivity index (χ3n) is 7.36. The molecule has 0 aliphatic carbocycles. The number of furan rings is 2. The summed E-state index contributed by atoms with van der Waals surface area (Å²) in [6, 6.07) is 26.7. The normalized spacial score (nSPS) is 12.8. The molecule has 4 nitrogen and oxygen atoms in total. The Balaban J connectivity index is 1.50. The zero-order valence-corrected chi connectivity index (χ0v) is 20.4. The first kappa shape index (κ1) is 22.0. The molecule has 2 aromatic heterocycles. The standard InChI is InChI=1S/C30H27BO4/c1-29(2,32)30(3,4)35-31-23-12-8-14-26-27(23)22-17-18(15-16-25(22)33-26)19-10-7-11-21-20-9-5-6-13-24(20)34-28(19)21/h5-17,31-32H,1-4H3. The van der Waals surface area contributed by atoms with E-state index in [0.29, 0.717) is 7.48 Å². The fourth-order valence-corrected chi connectivity index (χ4v) is 4.60. The molecule has 0 atom stereocenters. The lowest BCUT2D eigenvalue weighted by atomic mass is 9.80. The molecule has 0 spiro atoms. The Morgan fingerprint density at radius 3 is 2.26 bits per heavy atom. The summed E-state index contributed by atoms with van der Waals surface area (Å²) in [6.07, 6.45) is 0. The quantitative estimate of drug-likeness (QED) is 0.290. The van der Waals surface area contributed by atoms with Gasteiger partial charge in [-0.05, 0) is 63.0 Å². The fourth-order valence-electron chi connectivity index (χ4n) is 4.60. The second kappa shape index (κ2) is 7.74. The first-order valence-corrected chi connectivity index (χ1v) is 11.9. The Morgan fingerprint density at radius 2 is 1.43 bits per heavy atom. The lowest BCUT2D eigenvalue weighted by Gasteiger charge is -2.37. The summed E-state index contributed by atoms with van der Waals surface area (Å²) in [6.45, 7) is 7.36. The van der Waals surface area contributed by atoms with E-state index in [2.05, 4.69) is 42.5 Å². The molecular formula is C30H27BO4. The second-order valence-corrected chi connectivity index (χ2v) is 10.2. The maximum atomic E-state index is 10.5. The third kappa shape index (κ3) is 3.54. The molecule has 35 heavy (non-hydrogen) atoms. The van der Waals surface area contributed by atoms with Crippen LogP contribution in [0, 0.1) is 0 Å². The molecule has 6 aromatic rings. The fraction of sp³-hybridized carbons (Fsp3) is 0.200. The summed E-state index contributed by atoms with van der Waals surface area (Å²) in [4.78, 5) is 0. The monoisotopic (exact) mass is 462 g/mol. The van der Waals surface area contributed by atoms with Crippen LogP contribution < -0.4 is 5.46 Å². The van der Waals surface area contributed by atoms with Gasteiger partial charge in [0.2, 0.25) is 0 Å². The van der Waals surface area contributed by atoms with Crippen molar-refractivity contribution in [3.05, 3.63) is 78.9 Å². The first-order chi connectivity index (χ1) is 16.7. The summed E-state index contributed by atoms with van der Waals surface area (Å²) in [7, 11) is 0.367. The molecule has 6 rings (SSSR count). The van der Waals surface area contributed by atoms with Gasteiger partial charge in [0.1, 0.15) is 22.3 Å². The zero-order valence-electron chi connectivity index (χ0n) is 20.4. The van der Waals surface area contributed by atoms with E-state index in [-0.39, 0.29) is 0 Å². The SMILES string of the molecule is CC(C)(O)C(C)(C)OBc1cccc2oc3ccc(-c4cccc5c4oc4ccccc45)cc3c12. The van der Waals surface area contributed by atoms with E-state index in [1.165, 1.54) is 0 Å². The van der Waals surface area contributed by atoms with Crippen LogP contribution in [0.15, 0.2) is 87.7 Å². The highest BCUT2D eigenvalue weighted by molar-refractivity contribution is 6.52. The van der Waals surface area contributed by atoms with Gasteiger partial charge in [0.15, 0.2) is 0 Å². The van der Waals surface area contributed by atoms with Crippen molar-refractivity contribution in [2.24, 2.45) is 0 Å².